The predicted octanol–water partition coefficient (Wildman–Crippen LogP) is 1.93. The second-order valence-electron chi connectivity index (χ2n) is 3.83. The molecule has 80 valence electrons. The third-order valence-corrected chi connectivity index (χ3v) is 2.55. The Morgan fingerprint density at radius 3 is 2.38 bits per heavy atom. The van der Waals surface area contributed by atoms with Crippen LogP contribution in [0.5, 0.6) is 0 Å². The van der Waals surface area contributed by atoms with Crippen molar-refractivity contribution in [3.63, 3.8) is 0 Å². The van der Waals surface area contributed by atoms with E-state index >= 15 is 0 Å². The van der Waals surface area contributed by atoms with Gasteiger partial charge in [0.25, 0.3) is 5.69 Å². The molecule has 2 rings (SSSR count). The number of carbonyl (C=O) groups is 1. The molecule has 4 nitrogen and oxygen atoms in total. The maximum absolute atomic E-state index is 10.7. The number of non-ortho nitro benzene ring substituents is 1. The molecule has 0 spiro atoms. The normalized spacial score (nSPS) is 15.8. The number of nitrogens with zero attached hydrogens (tertiary/aromatic N) is 1. The van der Waals surface area contributed by atoms with Gasteiger partial charge in [-0.3, -0.25) is 10.1 Å². The highest BCUT2D eigenvalue weighted by molar-refractivity contribution is 5.69. The van der Waals surface area contributed by atoms with E-state index in [1.807, 2.05) is 0 Å². The Balaban J connectivity index is 2.17. The molecule has 1 aliphatic carbocycles. The number of rotatable bonds is 2. The van der Waals surface area contributed by atoms with E-state index in [9.17, 15) is 14.9 Å². The summed E-state index contributed by atoms with van der Waals surface area (Å²) in [6.45, 7) is 0. The lowest BCUT2D eigenvalue weighted by atomic mass is 10.1. The average Bonchev–Trinajstić information content (AvgIpc) is 3.08. The fourth-order valence-electron chi connectivity index (χ4n) is 1.27. The molecule has 0 N–H and O–H groups in total. The van der Waals surface area contributed by atoms with Crippen molar-refractivity contribution in [1.82, 2.24) is 0 Å². The maximum Gasteiger partial charge on any atom is 0.269 e. The zero-order valence-corrected chi connectivity index (χ0v) is 8.47. The molecule has 0 unspecified atom stereocenters. The summed E-state index contributed by atoms with van der Waals surface area (Å²) < 4.78 is 0. The molecular formula is C12H9NO3. The molecule has 1 saturated carbocycles. The minimum Gasteiger partial charge on any atom is -0.302 e. The second-order valence-corrected chi connectivity index (χ2v) is 3.83. The standard InChI is InChI=1S/C12H9NO3/c14-9-12(7-8-12)6-5-10-1-3-11(4-2-10)13(15)16/h1-4,9H,7-8H2. The van der Waals surface area contributed by atoms with E-state index in [4.69, 9.17) is 0 Å². The van der Waals surface area contributed by atoms with Gasteiger partial charge in [0, 0.05) is 17.7 Å². The first kappa shape index (κ1) is 10.4. The first-order valence-corrected chi connectivity index (χ1v) is 4.89. The second kappa shape index (κ2) is 3.78. The molecule has 1 fully saturated rings. The smallest absolute Gasteiger partial charge is 0.269 e. The van der Waals surface area contributed by atoms with Gasteiger partial charge in [-0.1, -0.05) is 11.8 Å². The highest BCUT2D eigenvalue weighted by Gasteiger charge is 2.40. The lowest BCUT2D eigenvalue weighted by Crippen LogP contribution is -1.96. The molecule has 0 bridgehead atoms. The fraction of sp³-hybridized carbons (Fsp3) is 0.250. The maximum atomic E-state index is 10.7. The van der Waals surface area contributed by atoms with Crippen molar-refractivity contribution in [2.45, 2.75) is 12.8 Å². The quantitative estimate of drug-likeness (QED) is 0.328. The van der Waals surface area contributed by atoms with Crippen LogP contribution >= 0.6 is 0 Å². The minimum atomic E-state index is -0.453. The highest BCUT2D eigenvalue weighted by atomic mass is 16.6. The van der Waals surface area contributed by atoms with Crippen molar-refractivity contribution in [1.29, 1.82) is 0 Å². The van der Waals surface area contributed by atoms with Gasteiger partial charge in [-0.2, -0.15) is 0 Å². The molecule has 0 amide bonds. The summed E-state index contributed by atoms with van der Waals surface area (Å²) in [4.78, 5) is 20.6. The van der Waals surface area contributed by atoms with E-state index in [1.165, 1.54) is 12.1 Å². The Labute approximate surface area is 92.4 Å². The summed E-state index contributed by atoms with van der Waals surface area (Å²) in [5.74, 6) is 5.76. The number of benzene rings is 1. The highest BCUT2D eigenvalue weighted by Crippen LogP contribution is 2.42. The van der Waals surface area contributed by atoms with Crippen molar-refractivity contribution in [2.24, 2.45) is 5.41 Å². The molecule has 0 heterocycles. The van der Waals surface area contributed by atoms with Crippen LogP contribution in [0.15, 0.2) is 24.3 Å². The monoisotopic (exact) mass is 215 g/mol. The van der Waals surface area contributed by atoms with E-state index < -0.39 is 10.3 Å². The van der Waals surface area contributed by atoms with Gasteiger partial charge < -0.3 is 4.79 Å². The van der Waals surface area contributed by atoms with Gasteiger partial charge in [-0.05, 0) is 25.0 Å². The van der Waals surface area contributed by atoms with E-state index in [2.05, 4.69) is 11.8 Å². The summed E-state index contributed by atoms with van der Waals surface area (Å²) in [7, 11) is 0. The van der Waals surface area contributed by atoms with Crippen molar-refractivity contribution < 1.29 is 9.72 Å². The van der Waals surface area contributed by atoms with Gasteiger partial charge in [0.2, 0.25) is 0 Å². The topological polar surface area (TPSA) is 60.2 Å². The lowest BCUT2D eigenvalue weighted by Gasteiger charge is -1.93. The fourth-order valence-corrected chi connectivity index (χ4v) is 1.27. The van der Waals surface area contributed by atoms with Crippen molar-refractivity contribution in [3.8, 4) is 11.8 Å². The largest absolute Gasteiger partial charge is 0.302 e. The van der Waals surface area contributed by atoms with E-state index in [-0.39, 0.29) is 5.69 Å². The molecular weight excluding hydrogens is 206 g/mol. The summed E-state index contributed by atoms with van der Waals surface area (Å²) >= 11 is 0. The molecule has 16 heavy (non-hydrogen) atoms. The Bertz CT molecular complexity index is 489. The van der Waals surface area contributed by atoms with Crippen LogP contribution in [0.4, 0.5) is 5.69 Å². The van der Waals surface area contributed by atoms with Gasteiger partial charge in [-0.25, -0.2) is 0 Å². The molecule has 0 aliphatic heterocycles. The summed E-state index contributed by atoms with van der Waals surface area (Å²) in [6.07, 6.45) is 2.51. The molecule has 4 heteroatoms. The molecule has 1 aromatic rings. The molecule has 0 saturated heterocycles. The van der Waals surface area contributed by atoms with Crippen LogP contribution in [0.1, 0.15) is 18.4 Å². The average molecular weight is 215 g/mol. The van der Waals surface area contributed by atoms with Crippen LogP contribution in [0.3, 0.4) is 0 Å². The van der Waals surface area contributed by atoms with Gasteiger partial charge in [-0.15, -0.1) is 0 Å². The number of carbonyl (C=O) groups excluding carboxylic acids is 1. The summed E-state index contributed by atoms with van der Waals surface area (Å²) in [6, 6.07) is 5.99. The van der Waals surface area contributed by atoms with E-state index in [0.717, 1.165) is 19.1 Å². The van der Waals surface area contributed by atoms with Crippen LogP contribution in [0.2, 0.25) is 0 Å². The Morgan fingerprint density at radius 1 is 1.31 bits per heavy atom. The number of aldehydes is 1. The Morgan fingerprint density at radius 2 is 1.94 bits per heavy atom. The van der Waals surface area contributed by atoms with Gasteiger partial charge in [0.05, 0.1) is 10.3 Å². The van der Waals surface area contributed by atoms with Crippen molar-refractivity contribution >= 4 is 12.0 Å². The first-order valence-electron chi connectivity index (χ1n) is 4.89. The van der Waals surface area contributed by atoms with Gasteiger partial charge in [0.15, 0.2) is 0 Å². The Hall–Kier alpha value is -2.15. The number of hydrogen-bond acceptors (Lipinski definition) is 3. The van der Waals surface area contributed by atoms with Crippen LogP contribution < -0.4 is 0 Å². The first-order chi connectivity index (χ1) is 7.65. The van der Waals surface area contributed by atoms with Crippen molar-refractivity contribution in [2.75, 3.05) is 0 Å². The van der Waals surface area contributed by atoms with Crippen LogP contribution in [-0.4, -0.2) is 11.2 Å². The van der Waals surface area contributed by atoms with E-state index in [0.29, 0.717) is 5.56 Å². The van der Waals surface area contributed by atoms with Crippen LogP contribution in [-0.2, 0) is 4.79 Å². The molecule has 1 aromatic carbocycles. The SMILES string of the molecule is O=CC1(C#Cc2ccc([N+](=O)[O-])cc2)CC1. The minimum absolute atomic E-state index is 0.0436. The number of nitro groups is 1. The Kier molecular flexibility index (Phi) is 2.45. The summed E-state index contributed by atoms with van der Waals surface area (Å²) in [5, 5.41) is 10.4. The zero-order valence-electron chi connectivity index (χ0n) is 8.47. The van der Waals surface area contributed by atoms with E-state index in [1.54, 1.807) is 12.1 Å². The molecule has 0 radical (unpaired) electrons. The van der Waals surface area contributed by atoms with Crippen LogP contribution in [0.25, 0.3) is 0 Å². The van der Waals surface area contributed by atoms with Gasteiger partial charge >= 0.3 is 0 Å². The third-order valence-electron chi connectivity index (χ3n) is 2.55. The van der Waals surface area contributed by atoms with Crippen molar-refractivity contribution in [3.05, 3.63) is 39.9 Å². The lowest BCUT2D eigenvalue weighted by molar-refractivity contribution is -0.384. The third kappa shape index (κ3) is 2.09. The molecule has 1 aliphatic rings. The predicted molar refractivity (Wildman–Crippen MR) is 57.7 cm³/mol. The van der Waals surface area contributed by atoms with Crippen LogP contribution in [0, 0.1) is 27.4 Å². The molecule has 0 aromatic heterocycles. The van der Waals surface area contributed by atoms with Gasteiger partial charge in [0.1, 0.15) is 6.29 Å². The summed E-state index contributed by atoms with van der Waals surface area (Å²) in [5.41, 5.74) is 0.294. The number of hydrogen-bond donors (Lipinski definition) is 0. The zero-order chi connectivity index (χ0) is 11.6. The molecule has 0 atom stereocenters. The number of nitro benzene ring substituents is 1.